The molecule has 3 nitrogen and oxygen atoms in total. The van der Waals surface area contributed by atoms with Crippen LogP contribution in [0.2, 0.25) is 0 Å². The van der Waals surface area contributed by atoms with Crippen LogP contribution in [0.3, 0.4) is 0 Å². The molecule has 20 heavy (non-hydrogen) atoms. The van der Waals surface area contributed by atoms with Crippen molar-refractivity contribution in [3.63, 3.8) is 0 Å². The fraction of sp³-hybridized carbons (Fsp3) is 0.688. The monoisotopic (exact) mass is 292 g/mol. The lowest BCUT2D eigenvalue weighted by Gasteiger charge is -2.38. The second-order valence-electron chi connectivity index (χ2n) is 6.07. The largest absolute Gasteiger partial charge is 0.335 e. The Hall–Kier alpha value is -0.870. The molecule has 0 bridgehead atoms. The summed E-state index contributed by atoms with van der Waals surface area (Å²) in [7, 11) is 0. The molecule has 2 unspecified atom stereocenters. The van der Waals surface area contributed by atoms with E-state index in [0.29, 0.717) is 17.9 Å². The lowest BCUT2D eigenvalue weighted by Crippen LogP contribution is -2.45. The topological polar surface area (TPSA) is 32.3 Å². The van der Waals surface area contributed by atoms with Crippen LogP contribution in [0, 0.1) is 11.8 Å². The zero-order valence-corrected chi connectivity index (χ0v) is 13.2. The first-order valence-electron chi connectivity index (χ1n) is 7.79. The molecular formula is C16H24N2OS. The molecule has 3 rings (SSSR count). The summed E-state index contributed by atoms with van der Waals surface area (Å²) in [5, 5.41) is 5.49. The SMILES string of the molecule is CCNCC(C)C(=O)N1CCc2sccc2C1C1CC1. The van der Waals surface area contributed by atoms with Gasteiger partial charge in [-0.05, 0) is 48.7 Å². The highest BCUT2D eigenvalue weighted by molar-refractivity contribution is 7.10. The van der Waals surface area contributed by atoms with Gasteiger partial charge in [0.25, 0.3) is 0 Å². The molecule has 0 saturated heterocycles. The van der Waals surface area contributed by atoms with Crippen molar-refractivity contribution in [2.24, 2.45) is 11.8 Å². The quantitative estimate of drug-likeness (QED) is 0.905. The summed E-state index contributed by atoms with van der Waals surface area (Å²) in [4.78, 5) is 16.4. The standard InChI is InChI=1S/C16H24N2OS/c1-3-17-10-11(2)16(19)18-8-6-14-13(7-9-20-14)15(18)12-4-5-12/h7,9,11-12,15,17H,3-6,8,10H2,1-2H3. The van der Waals surface area contributed by atoms with Gasteiger partial charge in [-0.3, -0.25) is 4.79 Å². The highest BCUT2D eigenvalue weighted by Gasteiger charge is 2.42. The van der Waals surface area contributed by atoms with E-state index in [1.165, 1.54) is 23.3 Å². The van der Waals surface area contributed by atoms with E-state index in [0.717, 1.165) is 26.1 Å². The minimum Gasteiger partial charge on any atom is -0.335 e. The zero-order valence-electron chi connectivity index (χ0n) is 12.4. The first-order valence-corrected chi connectivity index (χ1v) is 8.67. The number of hydrogen-bond donors (Lipinski definition) is 1. The lowest BCUT2D eigenvalue weighted by molar-refractivity contribution is -0.138. The molecule has 1 N–H and O–H groups in total. The number of carbonyl (C=O) groups is 1. The predicted octanol–water partition coefficient (Wildman–Crippen LogP) is 2.83. The second-order valence-corrected chi connectivity index (χ2v) is 7.07. The van der Waals surface area contributed by atoms with E-state index in [2.05, 4.69) is 35.5 Å². The smallest absolute Gasteiger partial charge is 0.227 e. The molecule has 0 aromatic carbocycles. The van der Waals surface area contributed by atoms with Crippen LogP contribution >= 0.6 is 11.3 Å². The van der Waals surface area contributed by atoms with Gasteiger partial charge in [0, 0.05) is 23.9 Å². The molecule has 1 fully saturated rings. The van der Waals surface area contributed by atoms with E-state index in [1.807, 2.05) is 11.3 Å². The number of nitrogens with zero attached hydrogens (tertiary/aromatic N) is 1. The van der Waals surface area contributed by atoms with Gasteiger partial charge in [0.15, 0.2) is 0 Å². The minimum absolute atomic E-state index is 0.0800. The summed E-state index contributed by atoms with van der Waals surface area (Å²) >= 11 is 1.86. The van der Waals surface area contributed by atoms with Crippen LogP contribution in [-0.4, -0.2) is 30.4 Å². The molecule has 1 aromatic rings. The summed E-state index contributed by atoms with van der Waals surface area (Å²) in [5.41, 5.74) is 1.44. The first kappa shape index (κ1) is 14.1. The fourth-order valence-electron chi connectivity index (χ4n) is 3.25. The lowest BCUT2D eigenvalue weighted by atomic mass is 9.94. The predicted molar refractivity (Wildman–Crippen MR) is 82.9 cm³/mol. The molecule has 2 atom stereocenters. The van der Waals surface area contributed by atoms with E-state index in [1.54, 1.807) is 0 Å². The summed E-state index contributed by atoms with van der Waals surface area (Å²) in [6, 6.07) is 2.61. The second kappa shape index (κ2) is 5.86. The van der Waals surface area contributed by atoms with E-state index < -0.39 is 0 Å². The maximum absolute atomic E-state index is 12.8. The first-order chi connectivity index (χ1) is 9.72. The molecule has 1 aromatic heterocycles. The average molecular weight is 292 g/mol. The Bertz CT molecular complexity index is 481. The van der Waals surface area contributed by atoms with Crippen molar-refractivity contribution in [1.82, 2.24) is 10.2 Å². The van der Waals surface area contributed by atoms with Crippen LogP contribution < -0.4 is 5.32 Å². The van der Waals surface area contributed by atoms with Crippen LogP contribution in [0.1, 0.15) is 43.2 Å². The maximum Gasteiger partial charge on any atom is 0.227 e. The number of fused-ring (bicyclic) bond motifs is 1. The third-order valence-electron chi connectivity index (χ3n) is 4.49. The van der Waals surface area contributed by atoms with Crippen molar-refractivity contribution in [2.75, 3.05) is 19.6 Å². The van der Waals surface area contributed by atoms with E-state index in [-0.39, 0.29) is 5.92 Å². The molecule has 0 radical (unpaired) electrons. The highest BCUT2D eigenvalue weighted by atomic mass is 32.1. The number of rotatable bonds is 5. The van der Waals surface area contributed by atoms with Crippen LogP contribution in [0.4, 0.5) is 0 Å². The van der Waals surface area contributed by atoms with Crippen molar-refractivity contribution < 1.29 is 4.79 Å². The normalized spacial score (nSPS) is 23.5. The molecule has 1 aliphatic heterocycles. The molecular weight excluding hydrogens is 268 g/mol. The van der Waals surface area contributed by atoms with Gasteiger partial charge >= 0.3 is 0 Å². The van der Waals surface area contributed by atoms with Gasteiger partial charge < -0.3 is 10.2 Å². The third-order valence-corrected chi connectivity index (χ3v) is 5.48. The zero-order chi connectivity index (χ0) is 14.1. The van der Waals surface area contributed by atoms with Gasteiger partial charge in [-0.25, -0.2) is 0 Å². The van der Waals surface area contributed by atoms with E-state index >= 15 is 0 Å². The van der Waals surface area contributed by atoms with Crippen molar-refractivity contribution in [3.8, 4) is 0 Å². The Balaban J connectivity index is 1.77. The van der Waals surface area contributed by atoms with Gasteiger partial charge in [0.1, 0.15) is 0 Å². The molecule has 1 saturated carbocycles. The summed E-state index contributed by atoms with van der Waals surface area (Å²) in [5.74, 6) is 1.12. The molecule has 110 valence electrons. The third kappa shape index (κ3) is 2.63. The number of amides is 1. The Morgan fingerprint density at radius 1 is 1.55 bits per heavy atom. The minimum atomic E-state index is 0.0800. The molecule has 1 amide bonds. The van der Waals surface area contributed by atoms with Crippen molar-refractivity contribution in [2.45, 2.75) is 39.2 Å². The van der Waals surface area contributed by atoms with Crippen molar-refractivity contribution >= 4 is 17.2 Å². The Labute approximate surface area is 125 Å². The van der Waals surface area contributed by atoms with Gasteiger partial charge in [-0.15, -0.1) is 11.3 Å². The summed E-state index contributed by atoms with van der Waals surface area (Å²) < 4.78 is 0. The van der Waals surface area contributed by atoms with Crippen LogP contribution in [-0.2, 0) is 11.2 Å². The van der Waals surface area contributed by atoms with E-state index in [4.69, 9.17) is 0 Å². The number of hydrogen-bond acceptors (Lipinski definition) is 3. The maximum atomic E-state index is 12.8. The van der Waals surface area contributed by atoms with Gasteiger partial charge in [0.2, 0.25) is 5.91 Å². The summed E-state index contributed by atoms with van der Waals surface area (Å²) in [6.45, 7) is 6.77. The Morgan fingerprint density at radius 2 is 2.35 bits per heavy atom. The number of thiophene rings is 1. The van der Waals surface area contributed by atoms with Crippen molar-refractivity contribution in [3.05, 3.63) is 21.9 Å². The molecule has 2 aliphatic rings. The average Bonchev–Trinajstić information content (AvgIpc) is 3.19. The molecule has 4 heteroatoms. The Kier molecular flexibility index (Phi) is 4.13. The van der Waals surface area contributed by atoms with Gasteiger partial charge in [-0.2, -0.15) is 0 Å². The van der Waals surface area contributed by atoms with Crippen LogP contribution in [0.5, 0.6) is 0 Å². The molecule has 0 spiro atoms. The Morgan fingerprint density at radius 3 is 3.05 bits per heavy atom. The van der Waals surface area contributed by atoms with Gasteiger partial charge in [-0.1, -0.05) is 13.8 Å². The van der Waals surface area contributed by atoms with E-state index in [9.17, 15) is 4.79 Å². The van der Waals surface area contributed by atoms with Crippen molar-refractivity contribution in [1.29, 1.82) is 0 Å². The van der Waals surface area contributed by atoms with Crippen LogP contribution in [0.25, 0.3) is 0 Å². The van der Waals surface area contributed by atoms with Gasteiger partial charge in [0.05, 0.1) is 6.04 Å². The number of carbonyl (C=O) groups excluding carboxylic acids is 1. The fourth-order valence-corrected chi connectivity index (χ4v) is 4.16. The highest BCUT2D eigenvalue weighted by Crippen LogP contribution is 2.48. The van der Waals surface area contributed by atoms with Crippen LogP contribution in [0.15, 0.2) is 11.4 Å². The summed E-state index contributed by atoms with van der Waals surface area (Å²) in [6.07, 6.45) is 3.60. The molecule has 2 heterocycles. The molecule has 1 aliphatic carbocycles. The number of nitrogens with one attached hydrogen (secondary N) is 1.